The molecule has 2 fully saturated rings. The summed E-state index contributed by atoms with van der Waals surface area (Å²) in [5.41, 5.74) is 4.57. The minimum absolute atomic E-state index is 0.380. The van der Waals surface area contributed by atoms with Gasteiger partial charge < -0.3 is 4.18 Å². The number of aromatic nitrogens is 4. The lowest BCUT2D eigenvalue weighted by Gasteiger charge is -2.51. The van der Waals surface area contributed by atoms with Crippen LogP contribution in [-0.2, 0) is 35.6 Å². The molecule has 1 heterocycles. The van der Waals surface area contributed by atoms with Crippen LogP contribution in [0.4, 0.5) is 0 Å². The molecule has 3 aliphatic carbocycles. The predicted octanol–water partition coefficient (Wildman–Crippen LogP) is 4.25. The van der Waals surface area contributed by atoms with E-state index in [1.165, 1.54) is 43.2 Å². The van der Waals surface area contributed by atoms with Crippen molar-refractivity contribution >= 4 is 12.3 Å². The average molecular weight is 460 g/mol. The predicted molar refractivity (Wildman–Crippen MR) is 121 cm³/mol. The molecule has 2 saturated carbocycles. The third-order valence-corrected chi connectivity index (χ3v) is 9.03. The van der Waals surface area contributed by atoms with Gasteiger partial charge in [-0.05, 0) is 102 Å². The zero-order chi connectivity index (χ0) is 22.3. The largest absolute Gasteiger partial charge is 0.398 e. The number of fused-ring (bicyclic) bond motifs is 5. The molecule has 1 aromatic carbocycles. The van der Waals surface area contributed by atoms with Gasteiger partial charge in [-0.1, -0.05) is 19.9 Å². The summed E-state index contributed by atoms with van der Waals surface area (Å²) in [5.74, 6) is 9.53. The smallest absolute Gasteiger partial charge is 0.260 e. The number of rotatable bonds is 7. The van der Waals surface area contributed by atoms with Crippen LogP contribution in [-0.4, -0.2) is 20.2 Å². The lowest BCUT2D eigenvalue weighted by Crippen LogP contribution is -2.42. The van der Waals surface area contributed by atoms with Gasteiger partial charge in [0.1, 0.15) is 5.75 Å². The Kier molecular flexibility index (Phi) is 6.17. The van der Waals surface area contributed by atoms with Gasteiger partial charge in [0, 0.05) is 6.42 Å². The molecule has 32 heavy (non-hydrogen) atoms. The maximum Gasteiger partial charge on any atom is 0.260 e. The van der Waals surface area contributed by atoms with E-state index >= 15 is 0 Å². The molecule has 0 spiro atoms. The first-order valence-electron chi connectivity index (χ1n) is 11.8. The zero-order valence-corrected chi connectivity index (χ0v) is 19.9. The number of hydrogen-bond donors (Lipinski definition) is 1. The van der Waals surface area contributed by atoms with E-state index in [1.807, 2.05) is 7.05 Å². The van der Waals surface area contributed by atoms with E-state index in [0.29, 0.717) is 17.3 Å². The Morgan fingerprint density at radius 2 is 2.12 bits per heavy atom. The summed E-state index contributed by atoms with van der Waals surface area (Å²) in [5, 5.41) is 12.8. The van der Waals surface area contributed by atoms with E-state index in [9.17, 15) is 0 Å². The molecule has 0 bridgehead atoms. The number of aryl methyl sites for hydroxylation is 3. The molecule has 3 unspecified atom stereocenters. The third kappa shape index (κ3) is 3.83. The van der Waals surface area contributed by atoms with Crippen molar-refractivity contribution < 1.29 is 13.5 Å². The van der Waals surface area contributed by atoms with Gasteiger partial charge >= 0.3 is 0 Å². The van der Waals surface area contributed by atoms with Crippen molar-refractivity contribution in [3.05, 3.63) is 34.6 Å². The number of nitrogens with two attached hydrogens (primary N) is 1. The van der Waals surface area contributed by atoms with Crippen molar-refractivity contribution in [1.29, 1.82) is 0 Å². The lowest BCUT2D eigenvalue weighted by atomic mass is 9.54. The maximum atomic E-state index is 5.70. The molecule has 0 aliphatic heterocycles. The maximum absolute atomic E-state index is 5.70. The van der Waals surface area contributed by atoms with E-state index in [4.69, 9.17) is 10.1 Å². The van der Waals surface area contributed by atoms with Crippen LogP contribution < -0.4 is 10.1 Å². The van der Waals surface area contributed by atoms with Crippen LogP contribution in [0.25, 0.3) is 0 Å². The SMILES string of the molecule is CCc1cc2c(cc1OSOON)CCC1C2CC[C@@]2(C)C1CC[C@@H]2Cc1nnn(C)n1. The van der Waals surface area contributed by atoms with E-state index in [-0.39, 0.29) is 0 Å². The highest BCUT2D eigenvalue weighted by atomic mass is 32.2. The number of benzene rings is 1. The molecule has 1 aromatic heterocycles. The fourth-order valence-corrected chi connectivity index (χ4v) is 7.42. The Morgan fingerprint density at radius 1 is 1.25 bits per heavy atom. The number of hydrogen-bond acceptors (Lipinski definition) is 8. The summed E-state index contributed by atoms with van der Waals surface area (Å²) in [6.45, 7) is 4.71. The van der Waals surface area contributed by atoms with E-state index in [2.05, 4.69) is 50.7 Å². The molecule has 174 valence electrons. The Balaban J connectivity index is 1.37. The van der Waals surface area contributed by atoms with Crippen LogP contribution in [0.3, 0.4) is 0 Å². The minimum Gasteiger partial charge on any atom is -0.398 e. The molecule has 2 aromatic rings. The Hall–Kier alpha value is -1.68. The van der Waals surface area contributed by atoms with Gasteiger partial charge in [0.25, 0.3) is 12.3 Å². The van der Waals surface area contributed by atoms with Crippen LogP contribution in [0.15, 0.2) is 12.1 Å². The first kappa shape index (κ1) is 22.1. The van der Waals surface area contributed by atoms with E-state index < -0.39 is 0 Å². The molecular formula is C23H33N5O3S. The Bertz CT molecular complexity index is 969. The second-order valence-corrected chi connectivity index (χ2v) is 10.4. The van der Waals surface area contributed by atoms with Gasteiger partial charge in [-0.3, -0.25) is 0 Å². The van der Waals surface area contributed by atoms with Gasteiger partial charge in [0.2, 0.25) is 0 Å². The molecule has 3 aliphatic rings. The molecule has 9 heteroatoms. The van der Waals surface area contributed by atoms with E-state index in [1.54, 1.807) is 10.4 Å². The number of tetrazole rings is 1. The molecule has 0 radical (unpaired) electrons. The monoisotopic (exact) mass is 459 g/mol. The fraction of sp³-hybridized carbons (Fsp3) is 0.696. The van der Waals surface area contributed by atoms with E-state index in [0.717, 1.165) is 55.0 Å². The number of nitrogens with zero attached hydrogens (tertiary/aromatic N) is 4. The second kappa shape index (κ2) is 8.93. The van der Waals surface area contributed by atoms with Crippen LogP contribution in [0.5, 0.6) is 5.75 Å². The quantitative estimate of drug-likeness (QED) is 0.284. The molecule has 8 nitrogen and oxygen atoms in total. The molecule has 2 N–H and O–H groups in total. The molecule has 5 atom stereocenters. The van der Waals surface area contributed by atoms with Crippen molar-refractivity contribution in [2.75, 3.05) is 0 Å². The minimum atomic E-state index is 0.380. The van der Waals surface area contributed by atoms with Crippen LogP contribution in [0.2, 0.25) is 0 Å². The second-order valence-electron chi connectivity index (χ2n) is 9.96. The Labute approximate surface area is 193 Å². The summed E-state index contributed by atoms with van der Waals surface area (Å²) in [4.78, 5) is 5.72. The standard InChI is InChI=1S/C23H33N5O3S/c1-4-14-11-19-15(12-21(14)29-32-31-30-24)5-7-18-17(19)9-10-23(2)16(6-8-20(18)23)13-22-25-27-28(3)26-22/h11-12,16-18,20H,4-10,13,24H2,1-3H3/t16-,17?,18?,20?,23-/m1/s1. The van der Waals surface area contributed by atoms with Crippen LogP contribution in [0, 0.1) is 23.2 Å². The summed E-state index contributed by atoms with van der Waals surface area (Å²) >= 11 is 0.760. The van der Waals surface area contributed by atoms with Gasteiger partial charge in [0.15, 0.2) is 5.82 Å². The average Bonchev–Trinajstić information content (AvgIpc) is 3.36. The molecule has 5 rings (SSSR count). The topological polar surface area (TPSA) is 97.3 Å². The molecule has 0 saturated heterocycles. The summed E-state index contributed by atoms with van der Waals surface area (Å²) in [6.07, 6.45) is 9.39. The van der Waals surface area contributed by atoms with Crippen molar-refractivity contribution in [2.24, 2.45) is 36.1 Å². The van der Waals surface area contributed by atoms with Crippen molar-refractivity contribution in [3.63, 3.8) is 0 Å². The normalized spacial score (nSPS) is 31.1. The highest BCUT2D eigenvalue weighted by molar-refractivity contribution is 7.90. The molecular weight excluding hydrogens is 426 g/mol. The van der Waals surface area contributed by atoms with Crippen LogP contribution in [0.1, 0.15) is 74.4 Å². The highest BCUT2D eigenvalue weighted by Crippen LogP contribution is 2.63. The summed E-state index contributed by atoms with van der Waals surface area (Å²) in [7, 11) is 1.85. The lowest BCUT2D eigenvalue weighted by molar-refractivity contribution is -0.199. The van der Waals surface area contributed by atoms with Gasteiger partial charge in [-0.15, -0.1) is 19.5 Å². The Morgan fingerprint density at radius 3 is 2.88 bits per heavy atom. The van der Waals surface area contributed by atoms with Gasteiger partial charge in [-0.25, -0.2) is 0 Å². The first-order valence-corrected chi connectivity index (χ1v) is 12.5. The highest BCUT2D eigenvalue weighted by Gasteiger charge is 2.54. The van der Waals surface area contributed by atoms with Crippen molar-refractivity contribution in [3.8, 4) is 5.75 Å². The van der Waals surface area contributed by atoms with Gasteiger partial charge in [-0.2, -0.15) is 10.7 Å². The zero-order valence-electron chi connectivity index (χ0n) is 19.1. The fourth-order valence-electron chi connectivity index (χ4n) is 7.14. The third-order valence-electron chi connectivity index (χ3n) is 8.65. The van der Waals surface area contributed by atoms with Crippen molar-refractivity contribution in [2.45, 2.75) is 71.1 Å². The van der Waals surface area contributed by atoms with Crippen molar-refractivity contribution in [1.82, 2.24) is 20.2 Å². The van der Waals surface area contributed by atoms with Crippen LogP contribution >= 0.6 is 12.3 Å². The summed E-state index contributed by atoms with van der Waals surface area (Å²) in [6, 6.07) is 4.60. The first-order chi connectivity index (χ1) is 15.5. The molecule has 0 amide bonds. The summed E-state index contributed by atoms with van der Waals surface area (Å²) < 4.78 is 10.3. The van der Waals surface area contributed by atoms with Gasteiger partial charge in [0.05, 0.1) is 7.05 Å².